The molecule has 0 aliphatic carbocycles. The Labute approximate surface area is 91.5 Å². The predicted molar refractivity (Wildman–Crippen MR) is 58.7 cm³/mol. The highest BCUT2D eigenvalue weighted by molar-refractivity contribution is 5.70. The van der Waals surface area contributed by atoms with Crippen molar-refractivity contribution >= 4 is 5.97 Å². The maximum atomic E-state index is 10.9. The lowest BCUT2D eigenvalue weighted by molar-refractivity contribution is -0.143. The van der Waals surface area contributed by atoms with E-state index in [1.54, 1.807) is 0 Å². The van der Waals surface area contributed by atoms with E-state index in [0.29, 0.717) is 6.04 Å². The van der Waals surface area contributed by atoms with Gasteiger partial charge in [0.2, 0.25) is 0 Å². The molecule has 1 N–H and O–H groups in total. The standard InChI is InChI=1S/C12H21NO2/c1-8(2)10-6-11-5-9(12(14)15)3-4-13(11)7-10/h8-11H,3-7H2,1-2H3,(H,14,15). The van der Waals surface area contributed by atoms with Gasteiger partial charge >= 0.3 is 5.97 Å². The summed E-state index contributed by atoms with van der Waals surface area (Å²) >= 11 is 0. The molecule has 86 valence electrons. The topological polar surface area (TPSA) is 40.5 Å². The van der Waals surface area contributed by atoms with Gasteiger partial charge in [-0.05, 0) is 37.6 Å². The normalized spacial score (nSPS) is 36.9. The number of hydrogen-bond acceptors (Lipinski definition) is 2. The van der Waals surface area contributed by atoms with E-state index in [2.05, 4.69) is 18.7 Å². The largest absolute Gasteiger partial charge is 0.481 e. The minimum atomic E-state index is -0.595. The van der Waals surface area contributed by atoms with Crippen LogP contribution in [0, 0.1) is 17.8 Å². The number of hydrogen-bond donors (Lipinski definition) is 1. The molecule has 3 unspecified atom stereocenters. The van der Waals surface area contributed by atoms with E-state index in [9.17, 15) is 4.79 Å². The lowest BCUT2D eigenvalue weighted by atomic mass is 9.88. The van der Waals surface area contributed by atoms with Crippen LogP contribution in [0.3, 0.4) is 0 Å². The Bertz CT molecular complexity index is 252. The van der Waals surface area contributed by atoms with E-state index >= 15 is 0 Å². The summed E-state index contributed by atoms with van der Waals surface area (Å²) in [5, 5.41) is 9.01. The van der Waals surface area contributed by atoms with Gasteiger partial charge in [-0.25, -0.2) is 0 Å². The van der Waals surface area contributed by atoms with Gasteiger partial charge in [0.05, 0.1) is 5.92 Å². The first-order valence-electron chi connectivity index (χ1n) is 6.04. The number of piperidine rings is 1. The average Bonchev–Trinajstić information content (AvgIpc) is 2.59. The third kappa shape index (κ3) is 2.17. The fourth-order valence-corrected chi connectivity index (χ4v) is 3.02. The van der Waals surface area contributed by atoms with Crippen molar-refractivity contribution in [1.29, 1.82) is 0 Å². The van der Waals surface area contributed by atoms with Gasteiger partial charge < -0.3 is 10.0 Å². The smallest absolute Gasteiger partial charge is 0.306 e. The molecule has 0 saturated carbocycles. The lowest BCUT2D eigenvalue weighted by Gasteiger charge is -2.32. The first-order valence-corrected chi connectivity index (χ1v) is 6.04. The quantitative estimate of drug-likeness (QED) is 0.757. The van der Waals surface area contributed by atoms with Crippen LogP contribution in [0.4, 0.5) is 0 Å². The molecule has 15 heavy (non-hydrogen) atoms. The molecule has 0 radical (unpaired) electrons. The fraction of sp³-hybridized carbons (Fsp3) is 0.917. The first kappa shape index (κ1) is 10.9. The van der Waals surface area contributed by atoms with Crippen LogP contribution in [0.15, 0.2) is 0 Å². The highest BCUT2D eigenvalue weighted by Crippen LogP contribution is 2.36. The Morgan fingerprint density at radius 1 is 1.40 bits per heavy atom. The van der Waals surface area contributed by atoms with Crippen molar-refractivity contribution in [3.8, 4) is 0 Å². The third-order valence-electron chi connectivity index (χ3n) is 4.17. The fourth-order valence-electron chi connectivity index (χ4n) is 3.02. The summed E-state index contributed by atoms with van der Waals surface area (Å²) in [7, 11) is 0. The molecule has 2 saturated heterocycles. The molecule has 0 bridgehead atoms. The molecule has 0 amide bonds. The molecule has 0 aromatic heterocycles. The van der Waals surface area contributed by atoms with Crippen LogP contribution < -0.4 is 0 Å². The number of carboxylic acid groups (broad SMARTS) is 1. The van der Waals surface area contributed by atoms with Gasteiger partial charge in [-0.2, -0.15) is 0 Å². The maximum Gasteiger partial charge on any atom is 0.306 e. The molecule has 0 spiro atoms. The van der Waals surface area contributed by atoms with Gasteiger partial charge in [0.25, 0.3) is 0 Å². The van der Waals surface area contributed by atoms with E-state index < -0.39 is 5.97 Å². The van der Waals surface area contributed by atoms with Gasteiger partial charge in [-0.1, -0.05) is 13.8 Å². The molecular weight excluding hydrogens is 190 g/mol. The van der Waals surface area contributed by atoms with Crippen LogP contribution in [0.2, 0.25) is 0 Å². The Balaban J connectivity index is 1.95. The van der Waals surface area contributed by atoms with Crippen molar-refractivity contribution in [3.63, 3.8) is 0 Å². The molecule has 0 aromatic rings. The second-order valence-electron chi connectivity index (χ2n) is 5.45. The van der Waals surface area contributed by atoms with Crippen molar-refractivity contribution in [2.45, 2.75) is 39.2 Å². The summed E-state index contributed by atoms with van der Waals surface area (Å²) < 4.78 is 0. The maximum absolute atomic E-state index is 10.9. The van der Waals surface area contributed by atoms with E-state index in [4.69, 9.17) is 5.11 Å². The van der Waals surface area contributed by atoms with Crippen molar-refractivity contribution in [2.24, 2.45) is 17.8 Å². The molecule has 2 aliphatic heterocycles. The Morgan fingerprint density at radius 3 is 2.73 bits per heavy atom. The van der Waals surface area contributed by atoms with E-state index in [-0.39, 0.29) is 5.92 Å². The summed E-state index contributed by atoms with van der Waals surface area (Å²) in [5.74, 6) is 0.834. The third-order valence-corrected chi connectivity index (χ3v) is 4.17. The summed E-state index contributed by atoms with van der Waals surface area (Å²) in [6.45, 7) is 6.73. The summed E-state index contributed by atoms with van der Waals surface area (Å²) in [5.41, 5.74) is 0. The van der Waals surface area contributed by atoms with Crippen molar-refractivity contribution in [1.82, 2.24) is 4.90 Å². The number of aliphatic carboxylic acids is 1. The minimum absolute atomic E-state index is 0.0860. The van der Waals surface area contributed by atoms with E-state index in [0.717, 1.165) is 31.2 Å². The first-order chi connectivity index (χ1) is 7.08. The Kier molecular flexibility index (Phi) is 3.01. The number of nitrogens with zero attached hydrogens (tertiary/aromatic N) is 1. The summed E-state index contributed by atoms with van der Waals surface area (Å²) in [4.78, 5) is 13.4. The van der Waals surface area contributed by atoms with Gasteiger partial charge in [0, 0.05) is 12.6 Å². The minimum Gasteiger partial charge on any atom is -0.481 e. The van der Waals surface area contributed by atoms with Gasteiger partial charge in [-0.3, -0.25) is 4.79 Å². The van der Waals surface area contributed by atoms with Gasteiger partial charge in [0.1, 0.15) is 0 Å². The molecule has 3 heteroatoms. The van der Waals surface area contributed by atoms with Crippen LogP contribution in [0.5, 0.6) is 0 Å². The van der Waals surface area contributed by atoms with Gasteiger partial charge in [0.15, 0.2) is 0 Å². The zero-order valence-corrected chi connectivity index (χ0v) is 9.65. The second kappa shape index (κ2) is 4.12. The van der Waals surface area contributed by atoms with Crippen LogP contribution in [-0.2, 0) is 4.79 Å². The second-order valence-corrected chi connectivity index (χ2v) is 5.45. The number of carboxylic acids is 1. The van der Waals surface area contributed by atoms with Gasteiger partial charge in [-0.15, -0.1) is 0 Å². The lowest BCUT2D eigenvalue weighted by Crippen LogP contribution is -2.40. The van der Waals surface area contributed by atoms with Crippen LogP contribution in [0.1, 0.15) is 33.1 Å². The zero-order valence-electron chi connectivity index (χ0n) is 9.65. The number of fused-ring (bicyclic) bond motifs is 1. The SMILES string of the molecule is CC(C)C1CC2CC(C(=O)O)CCN2C1. The average molecular weight is 211 g/mol. The molecule has 0 aromatic carbocycles. The van der Waals surface area contributed by atoms with Crippen molar-refractivity contribution < 1.29 is 9.90 Å². The molecular formula is C12H21NO2. The van der Waals surface area contributed by atoms with Crippen LogP contribution >= 0.6 is 0 Å². The van der Waals surface area contributed by atoms with Crippen molar-refractivity contribution in [3.05, 3.63) is 0 Å². The predicted octanol–water partition coefficient (Wildman–Crippen LogP) is 1.83. The summed E-state index contributed by atoms with van der Waals surface area (Å²) in [6, 6.07) is 0.548. The van der Waals surface area contributed by atoms with E-state index in [1.807, 2.05) is 0 Å². The Hall–Kier alpha value is -0.570. The van der Waals surface area contributed by atoms with Crippen molar-refractivity contribution in [2.75, 3.05) is 13.1 Å². The Morgan fingerprint density at radius 2 is 2.13 bits per heavy atom. The zero-order chi connectivity index (χ0) is 11.0. The highest BCUT2D eigenvalue weighted by atomic mass is 16.4. The number of carbonyl (C=O) groups is 1. The molecule has 2 aliphatic rings. The monoisotopic (exact) mass is 211 g/mol. The summed E-state index contributed by atoms with van der Waals surface area (Å²) in [6.07, 6.45) is 2.93. The molecule has 3 atom stereocenters. The highest BCUT2D eigenvalue weighted by Gasteiger charge is 2.39. The van der Waals surface area contributed by atoms with Crippen LogP contribution in [0.25, 0.3) is 0 Å². The number of rotatable bonds is 2. The molecule has 2 fully saturated rings. The molecule has 3 nitrogen and oxygen atoms in total. The molecule has 2 rings (SSSR count). The van der Waals surface area contributed by atoms with Crippen LogP contribution in [-0.4, -0.2) is 35.1 Å². The van der Waals surface area contributed by atoms with E-state index in [1.165, 1.54) is 13.0 Å². The molecule has 2 heterocycles.